The van der Waals surface area contributed by atoms with Crippen molar-refractivity contribution in [3.63, 3.8) is 0 Å². The van der Waals surface area contributed by atoms with Gasteiger partial charge in [0.15, 0.2) is 0 Å². The number of amides is 1. The van der Waals surface area contributed by atoms with Crippen LogP contribution in [-0.4, -0.2) is 16.2 Å². The number of rotatable bonds is 2. The van der Waals surface area contributed by atoms with Crippen LogP contribution < -0.4 is 4.90 Å². The number of hydrogen-bond donors (Lipinski definition) is 1. The summed E-state index contributed by atoms with van der Waals surface area (Å²) in [7, 11) is 0. The second kappa shape index (κ2) is 4.10. The molecule has 0 unspecified atom stereocenters. The highest BCUT2D eigenvalue weighted by molar-refractivity contribution is 7.14. The second-order valence-corrected chi connectivity index (χ2v) is 3.66. The number of nitrogens with zero attached hydrogens (tertiary/aromatic N) is 2. The van der Waals surface area contributed by atoms with Gasteiger partial charge in [0.2, 0.25) is 0 Å². The Kier molecular flexibility index (Phi) is 2.64. The zero-order chi connectivity index (χ0) is 10.7. The van der Waals surface area contributed by atoms with E-state index < -0.39 is 6.09 Å². The zero-order valence-electron chi connectivity index (χ0n) is 7.70. The Morgan fingerprint density at radius 1 is 1.33 bits per heavy atom. The molecule has 0 saturated carbocycles. The lowest BCUT2D eigenvalue weighted by atomic mass is 10.3. The van der Waals surface area contributed by atoms with Crippen LogP contribution in [0.1, 0.15) is 0 Å². The molecule has 76 valence electrons. The van der Waals surface area contributed by atoms with Gasteiger partial charge in [0, 0.05) is 0 Å². The van der Waals surface area contributed by atoms with Crippen molar-refractivity contribution in [3.05, 3.63) is 42.0 Å². The summed E-state index contributed by atoms with van der Waals surface area (Å²) in [4.78, 5) is 16.2. The number of benzene rings is 1. The van der Waals surface area contributed by atoms with Crippen LogP contribution in [0.15, 0.2) is 42.0 Å². The smallest absolute Gasteiger partial charge is 0.417 e. The summed E-state index contributed by atoms with van der Waals surface area (Å²) >= 11 is 1.29. The fourth-order valence-electron chi connectivity index (χ4n) is 1.23. The van der Waals surface area contributed by atoms with Gasteiger partial charge in [-0.3, -0.25) is 4.98 Å². The van der Waals surface area contributed by atoms with E-state index in [0.717, 1.165) is 0 Å². The quantitative estimate of drug-likeness (QED) is 0.846. The molecule has 1 amide bonds. The van der Waals surface area contributed by atoms with Crippen molar-refractivity contribution in [1.82, 2.24) is 4.98 Å². The lowest BCUT2D eigenvalue weighted by Crippen LogP contribution is -2.22. The Morgan fingerprint density at radius 3 is 2.60 bits per heavy atom. The molecule has 0 atom stereocenters. The number of thiazole rings is 1. The van der Waals surface area contributed by atoms with E-state index in [4.69, 9.17) is 5.11 Å². The van der Waals surface area contributed by atoms with E-state index >= 15 is 0 Å². The minimum atomic E-state index is -1.01. The van der Waals surface area contributed by atoms with Crippen molar-refractivity contribution in [3.8, 4) is 0 Å². The molecular formula is C10H8N2O2S. The molecule has 2 aromatic rings. The van der Waals surface area contributed by atoms with E-state index in [0.29, 0.717) is 10.7 Å². The molecule has 0 aliphatic heterocycles. The van der Waals surface area contributed by atoms with Crippen LogP contribution in [0.2, 0.25) is 0 Å². The Morgan fingerprint density at radius 2 is 2.07 bits per heavy atom. The number of aromatic nitrogens is 1. The summed E-state index contributed by atoms with van der Waals surface area (Å²) in [5.41, 5.74) is 2.23. The summed E-state index contributed by atoms with van der Waals surface area (Å²) < 4.78 is 0. The van der Waals surface area contributed by atoms with E-state index in [1.807, 2.05) is 6.07 Å². The van der Waals surface area contributed by atoms with Crippen molar-refractivity contribution in [2.75, 3.05) is 4.90 Å². The van der Waals surface area contributed by atoms with Crippen molar-refractivity contribution in [2.45, 2.75) is 0 Å². The predicted molar refractivity (Wildman–Crippen MR) is 58.7 cm³/mol. The van der Waals surface area contributed by atoms with Crippen LogP contribution in [0.25, 0.3) is 0 Å². The van der Waals surface area contributed by atoms with Crippen LogP contribution in [0.5, 0.6) is 0 Å². The largest absolute Gasteiger partial charge is 0.464 e. The highest BCUT2D eigenvalue weighted by Gasteiger charge is 2.17. The van der Waals surface area contributed by atoms with Gasteiger partial charge in [-0.15, -0.1) is 11.3 Å². The van der Waals surface area contributed by atoms with Gasteiger partial charge in [-0.05, 0) is 12.1 Å². The SMILES string of the molecule is O=C(O)N(c1ccccc1)c1cncs1. The molecule has 1 aromatic heterocycles. The topological polar surface area (TPSA) is 53.4 Å². The van der Waals surface area contributed by atoms with E-state index in [1.54, 1.807) is 29.8 Å². The minimum absolute atomic E-state index is 0.591. The van der Waals surface area contributed by atoms with Crippen molar-refractivity contribution < 1.29 is 9.90 Å². The molecule has 0 aliphatic carbocycles. The molecule has 0 spiro atoms. The predicted octanol–water partition coefficient (Wildman–Crippen LogP) is 2.96. The van der Waals surface area contributed by atoms with Crippen LogP contribution in [0, 0.1) is 0 Å². The third kappa shape index (κ3) is 1.97. The molecule has 0 bridgehead atoms. The first-order valence-electron chi connectivity index (χ1n) is 4.25. The normalized spacial score (nSPS) is 9.87. The van der Waals surface area contributed by atoms with E-state index in [-0.39, 0.29) is 0 Å². The van der Waals surface area contributed by atoms with Crippen molar-refractivity contribution in [1.29, 1.82) is 0 Å². The maximum absolute atomic E-state index is 11.1. The Balaban J connectivity index is 2.42. The average molecular weight is 220 g/mol. The number of hydrogen-bond acceptors (Lipinski definition) is 3. The molecule has 1 heterocycles. The van der Waals surface area contributed by atoms with Crippen LogP contribution in [0.4, 0.5) is 15.5 Å². The lowest BCUT2D eigenvalue weighted by Gasteiger charge is -2.16. The van der Waals surface area contributed by atoms with E-state index in [1.165, 1.54) is 22.4 Å². The summed E-state index contributed by atoms with van der Waals surface area (Å²) in [5, 5.41) is 9.69. The number of carbonyl (C=O) groups is 1. The monoisotopic (exact) mass is 220 g/mol. The Bertz CT molecular complexity index is 442. The summed E-state index contributed by atoms with van der Waals surface area (Å²) in [5.74, 6) is 0. The summed E-state index contributed by atoms with van der Waals surface area (Å²) in [6.07, 6.45) is 0.525. The number of para-hydroxylation sites is 1. The van der Waals surface area contributed by atoms with Crippen molar-refractivity contribution in [2.24, 2.45) is 0 Å². The minimum Gasteiger partial charge on any atom is -0.464 e. The highest BCUT2D eigenvalue weighted by atomic mass is 32.1. The standard InChI is InChI=1S/C10H8N2O2S/c13-10(14)12(9-6-11-7-15-9)8-4-2-1-3-5-8/h1-7H,(H,13,14). The van der Waals surface area contributed by atoms with Gasteiger partial charge in [-0.2, -0.15) is 0 Å². The van der Waals surface area contributed by atoms with Gasteiger partial charge in [0.25, 0.3) is 0 Å². The third-order valence-electron chi connectivity index (χ3n) is 1.85. The Hall–Kier alpha value is -1.88. The summed E-state index contributed by atoms with van der Waals surface area (Å²) in [6.45, 7) is 0. The Labute approximate surface area is 90.4 Å². The first-order chi connectivity index (χ1) is 7.29. The van der Waals surface area contributed by atoms with E-state index in [2.05, 4.69) is 4.98 Å². The average Bonchev–Trinajstić information content (AvgIpc) is 2.72. The second-order valence-electron chi connectivity index (χ2n) is 2.79. The molecule has 0 fully saturated rings. The van der Waals surface area contributed by atoms with Gasteiger partial charge in [0.05, 0.1) is 17.4 Å². The fraction of sp³-hybridized carbons (Fsp3) is 0. The number of carboxylic acid groups (broad SMARTS) is 1. The molecule has 0 radical (unpaired) electrons. The van der Waals surface area contributed by atoms with Gasteiger partial charge < -0.3 is 5.11 Å². The maximum Gasteiger partial charge on any atom is 0.417 e. The van der Waals surface area contributed by atoms with Crippen LogP contribution in [0.3, 0.4) is 0 Å². The molecule has 4 nitrogen and oxygen atoms in total. The molecule has 2 rings (SSSR count). The van der Waals surface area contributed by atoms with Crippen LogP contribution >= 0.6 is 11.3 Å². The first-order valence-corrected chi connectivity index (χ1v) is 5.13. The molecule has 0 aliphatic rings. The van der Waals surface area contributed by atoms with E-state index in [9.17, 15) is 4.79 Å². The third-order valence-corrected chi connectivity index (χ3v) is 2.60. The fourth-order valence-corrected chi connectivity index (χ4v) is 1.87. The molecule has 1 N–H and O–H groups in total. The lowest BCUT2D eigenvalue weighted by molar-refractivity contribution is 0.205. The zero-order valence-corrected chi connectivity index (χ0v) is 8.52. The molecule has 0 saturated heterocycles. The van der Waals surface area contributed by atoms with Gasteiger partial charge in [-0.25, -0.2) is 9.69 Å². The highest BCUT2D eigenvalue weighted by Crippen LogP contribution is 2.27. The molecule has 1 aromatic carbocycles. The van der Waals surface area contributed by atoms with Crippen LogP contribution in [-0.2, 0) is 0 Å². The maximum atomic E-state index is 11.1. The van der Waals surface area contributed by atoms with Gasteiger partial charge >= 0.3 is 6.09 Å². The summed E-state index contributed by atoms with van der Waals surface area (Å²) in [6, 6.07) is 8.93. The van der Waals surface area contributed by atoms with Crippen molar-refractivity contribution >= 4 is 28.1 Å². The molecule has 15 heavy (non-hydrogen) atoms. The molecule has 5 heteroatoms. The molecular weight excluding hydrogens is 212 g/mol. The number of anilines is 2. The van der Waals surface area contributed by atoms with Gasteiger partial charge in [-0.1, -0.05) is 18.2 Å². The van der Waals surface area contributed by atoms with Gasteiger partial charge in [0.1, 0.15) is 5.00 Å². The first kappa shape index (κ1) is 9.67.